The lowest BCUT2D eigenvalue weighted by Crippen LogP contribution is -3.12. The Bertz CT molecular complexity index is 474. The first-order chi connectivity index (χ1) is 8.00. The number of hydrogen-bond donors (Lipinski definition) is 1. The van der Waals surface area contributed by atoms with E-state index in [1.54, 1.807) is 16.4 Å². The molecule has 2 rings (SSSR count). The molecule has 0 unspecified atom stereocenters. The highest BCUT2D eigenvalue weighted by molar-refractivity contribution is 7.89. The molecule has 94 valence electrons. The summed E-state index contributed by atoms with van der Waals surface area (Å²) in [5, 5.41) is 0. The Kier molecular flexibility index (Phi) is 3.51. The van der Waals surface area contributed by atoms with Gasteiger partial charge in [0.05, 0.1) is 38.1 Å². The standard InChI is InChI=1S/C12H18N2O2S/c1-11-3-5-12(6-4-11)17(15,16)14-9-7-13(2)8-10-14/h3-6H,7-10H2,1-2H3/p+1. The molecule has 1 aromatic carbocycles. The minimum atomic E-state index is -3.28. The Balaban J connectivity index is 2.21. The van der Waals surface area contributed by atoms with Crippen LogP contribution < -0.4 is 4.90 Å². The lowest BCUT2D eigenvalue weighted by Gasteiger charge is -2.29. The molecule has 1 aliphatic rings. The molecular weight excluding hydrogens is 236 g/mol. The molecule has 0 spiro atoms. The zero-order valence-electron chi connectivity index (χ0n) is 10.3. The van der Waals surface area contributed by atoms with Crippen molar-refractivity contribution >= 4 is 10.0 Å². The van der Waals surface area contributed by atoms with Crippen LogP contribution in [0.2, 0.25) is 0 Å². The molecule has 4 nitrogen and oxygen atoms in total. The second-order valence-corrected chi connectivity index (χ2v) is 6.61. The number of likely N-dealkylation sites (N-methyl/N-ethyl adjacent to an activating group) is 1. The van der Waals surface area contributed by atoms with Gasteiger partial charge in [0.1, 0.15) is 0 Å². The Morgan fingerprint density at radius 1 is 1.12 bits per heavy atom. The van der Waals surface area contributed by atoms with Crippen LogP contribution in [-0.4, -0.2) is 45.9 Å². The smallest absolute Gasteiger partial charge is 0.243 e. The molecule has 0 radical (unpaired) electrons. The van der Waals surface area contributed by atoms with Crippen molar-refractivity contribution in [3.63, 3.8) is 0 Å². The quantitative estimate of drug-likeness (QED) is 0.775. The van der Waals surface area contributed by atoms with Gasteiger partial charge < -0.3 is 4.90 Å². The highest BCUT2D eigenvalue weighted by Gasteiger charge is 2.28. The average molecular weight is 255 g/mol. The highest BCUT2D eigenvalue weighted by Crippen LogP contribution is 2.15. The summed E-state index contributed by atoms with van der Waals surface area (Å²) in [4.78, 5) is 1.79. The fourth-order valence-electron chi connectivity index (χ4n) is 1.97. The van der Waals surface area contributed by atoms with Gasteiger partial charge in [-0.25, -0.2) is 8.42 Å². The van der Waals surface area contributed by atoms with Crippen molar-refractivity contribution in [3.8, 4) is 0 Å². The summed E-state index contributed by atoms with van der Waals surface area (Å²) in [7, 11) is -1.19. The number of rotatable bonds is 2. The van der Waals surface area contributed by atoms with Crippen molar-refractivity contribution in [3.05, 3.63) is 29.8 Å². The first-order valence-corrected chi connectivity index (χ1v) is 7.32. The first-order valence-electron chi connectivity index (χ1n) is 5.88. The minimum absolute atomic E-state index is 0.405. The van der Waals surface area contributed by atoms with Gasteiger partial charge in [-0.15, -0.1) is 0 Å². The van der Waals surface area contributed by atoms with Crippen molar-refractivity contribution in [1.29, 1.82) is 0 Å². The van der Waals surface area contributed by atoms with E-state index in [1.807, 2.05) is 19.1 Å². The third-order valence-electron chi connectivity index (χ3n) is 3.23. The predicted octanol–water partition coefficient (Wildman–Crippen LogP) is -0.486. The summed E-state index contributed by atoms with van der Waals surface area (Å²) >= 11 is 0. The Morgan fingerprint density at radius 2 is 1.65 bits per heavy atom. The van der Waals surface area contributed by atoms with Crippen LogP contribution in [0.4, 0.5) is 0 Å². The number of benzene rings is 1. The minimum Gasteiger partial charge on any atom is -0.335 e. The van der Waals surface area contributed by atoms with Crippen molar-refractivity contribution in [1.82, 2.24) is 4.31 Å². The number of piperazine rings is 1. The van der Waals surface area contributed by atoms with Crippen molar-refractivity contribution in [2.45, 2.75) is 11.8 Å². The molecule has 0 bridgehead atoms. The number of hydrogen-bond acceptors (Lipinski definition) is 2. The molecule has 1 fully saturated rings. The van der Waals surface area contributed by atoms with E-state index in [-0.39, 0.29) is 0 Å². The second-order valence-electron chi connectivity index (χ2n) is 4.67. The summed E-state index contributed by atoms with van der Waals surface area (Å²) in [6.45, 7) is 4.94. The molecule has 0 aliphatic carbocycles. The van der Waals surface area contributed by atoms with E-state index in [9.17, 15) is 8.42 Å². The van der Waals surface area contributed by atoms with E-state index in [0.717, 1.165) is 18.7 Å². The van der Waals surface area contributed by atoms with Crippen LogP contribution in [0.15, 0.2) is 29.2 Å². The number of nitrogens with zero attached hydrogens (tertiary/aromatic N) is 1. The monoisotopic (exact) mass is 255 g/mol. The summed E-state index contributed by atoms with van der Waals surface area (Å²) < 4.78 is 26.2. The van der Waals surface area contributed by atoms with Gasteiger partial charge in [-0.1, -0.05) is 17.7 Å². The molecular formula is C12H19N2O2S+. The van der Waals surface area contributed by atoms with Crippen molar-refractivity contribution in [2.75, 3.05) is 33.2 Å². The largest absolute Gasteiger partial charge is 0.335 e. The summed E-state index contributed by atoms with van der Waals surface area (Å²) in [5.41, 5.74) is 1.08. The van der Waals surface area contributed by atoms with E-state index in [1.165, 1.54) is 4.90 Å². The molecule has 5 heteroatoms. The van der Waals surface area contributed by atoms with Crippen LogP contribution in [0.5, 0.6) is 0 Å². The first kappa shape index (κ1) is 12.5. The predicted molar refractivity (Wildman–Crippen MR) is 66.6 cm³/mol. The fourth-order valence-corrected chi connectivity index (χ4v) is 3.41. The number of aryl methyl sites for hydroxylation is 1. The molecule has 0 atom stereocenters. The van der Waals surface area contributed by atoms with Crippen molar-refractivity contribution < 1.29 is 13.3 Å². The number of quaternary nitrogens is 1. The van der Waals surface area contributed by atoms with Gasteiger partial charge in [-0.3, -0.25) is 0 Å². The van der Waals surface area contributed by atoms with Crippen LogP contribution in [0, 0.1) is 6.92 Å². The van der Waals surface area contributed by atoms with Crippen LogP contribution in [0.25, 0.3) is 0 Å². The van der Waals surface area contributed by atoms with Gasteiger partial charge >= 0.3 is 0 Å². The Hall–Kier alpha value is -0.910. The van der Waals surface area contributed by atoms with E-state index < -0.39 is 10.0 Å². The molecule has 0 saturated carbocycles. The summed E-state index contributed by atoms with van der Waals surface area (Å²) in [6, 6.07) is 7.06. The van der Waals surface area contributed by atoms with Crippen LogP contribution >= 0.6 is 0 Å². The normalized spacial score (nSPS) is 19.4. The summed E-state index contributed by atoms with van der Waals surface area (Å²) in [5.74, 6) is 0. The molecule has 1 aromatic rings. The van der Waals surface area contributed by atoms with E-state index in [2.05, 4.69) is 7.05 Å². The van der Waals surface area contributed by atoms with Crippen LogP contribution in [-0.2, 0) is 10.0 Å². The maximum atomic E-state index is 12.3. The SMILES string of the molecule is Cc1ccc(S(=O)(=O)N2CC[NH+](C)CC2)cc1. The van der Waals surface area contributed by atoms with Gasteiger partial charge in [-0.2, -0.15) is 4.31 Å². The number of sulfonamides is 1. The molecule has 1 aliphatic heterocycles. The van der Waals surface area contributed by atoms with E-state index in [0.29, 0.717) is 18.0 Å². The molecule has 1 heterocycles. The Labute approximate surface area is 103 Å². The van der Waals surface area contributed by atoms with Gasteiger partial charge in [0, 0.05) is 0 Å². The highest BCUT2D eigenvalue weighted by atomic mass is 32.2. The maximum absolute atomic E-state index is 12.3. The summed E-state index contributed by atoms with van der Waals surface area (Å²) in [6.07, 6.45) is 0. The lowest BCUT2D eigenvalue weighted by atomic mass is 10.2. The molecule has 1 N–H and O–H groups in total. The van der Waals surface area contributed by atoms with Gasteiger partial charge in [0.25, 0.3) is 0 Å². The lowest BCUT2D eigenvalue weighted by molar-refractivity contribution is -0.883. The van der Waals surface area contributed by atoms with Gasteiger partial charge in [-0.05, 0) is 19.1 Å². The van der Waals surface area contributed by atoms with Crippen molar-refractivity contribution in [2.24, 2.45) is 0 Å². The topological polar surface area (TPSA) is 41.8 Å². The Morgan fingerprint density at radius 3 is 2.18 bits per heavy atom. The molecule has 0 amide bonds. The third-order valence-corrected chi connectivity index (χ3v) is 5.15. The fraction of sp³-hybridized carbons (Fsp3) is 0.500. The second kappa shape index (κ2) is 4.76. The van der Waals surface area contributed by atoms with Gasteiger partial charge in [0.15, 0.2) is 0 Å². The maximum Gasteiger partial charge on any atom is 0.243 e. The van der Waals surface area contributed by atoms with E-state index >= 15 is 0 Å². The van der Waals surface area contributed by atoms with Crippen LogP contribution in [0.3, 0.4) is 0 Å². The third kappa shape index (κ3) is 2.68. The molecule has 1 saturated heterocycles. The van der Waals surface area contributed by atoms with E-state index in [4.69, 9.17) is 0 Å². The zero-order chi connectivity index (χ0) is 12.5. The average Bonchev–Trinajstić information content (AvgIpc) is 2.30. The number of nitrogens with one attached hydrogen (secondary N) is 1. The molecule has 17 heavy (non-hydrogen) atoms. The molecule has 0 aromatic heterocycles. The van der Waals surface area contributed by atoms with Crippen LogP contribution in [0.1, 0.15) is 5.56 Å². The zero-order valence-corrected chi connectivity index (χ0v) is 11.1. The van der Waals surface area contributed by atoms with Gasteiger partial charge in [0.2, 0.25) is 10.0 Å².